The SMILES string of the molecule is CN(C(=O)C1CC(=O)N(c2ccccc2)C1)C1CN(c2ccc3nncn3n2)C1. The number of hydrogen-bond acceptors (Lipinski definition) is 6. The van der Waals surface area contributed by atoms with Crippen LogP contribution in [0.4, 0.5) is 11.5 Å². The molecule has 2 aliphatic rings. The van der Waals surface area contributed by atoms with Gasteiger partial charge in [-0.25, -0.2) is 0 Å². The van der Waals surface area contributed by atoms with Crippen molar-refractivity contribution in [3.8, 4) is 0 Å². The number of benzene rings is 1. The lowest BCUT2D eigenvalue weighted by Gasteiger charge is -2.45. The van der Waals surface area contributed by atoms with Gasteiger partial charge in [-0.2, -0.15) is 4.52 Å². The van der Waals surface area contributed by atoms with Crippen molar-refractivity contribution in [1.29, 1.82) is 0 Å². The second-order valence-electron chi connectivity index (χ2n) is 7.57. The van der Waals surface area contributed by atoms with Gasteiger partial charge >= 0.3 is 0 Å². The average Bonchev–Trinajstić information content (AvgIpc) is 3.33. The Labute approximate surface area is 167 Å². The van der Waals surface area contributed by atoms with Crippen LogP contribution in [0, 0.1) is 5.92 Å². The molecule has 1 atom stereocenters. The fraction of sp³-hybridized carbons (Fsp3) is 0.350. The fourth-order valence-corrected chi connectivity index (χ4v) is 3.97. The van der Waals surface area contributed by atoms with Crippen molar-refractivity contribution in [3.63, 3.8) is 0 Å². The van der Waals surface area contributed by atoms with E-state index in [2.05, 4.69) is 20.2 Å². The van der Waals surface area contributed by atoms with Crippen molar-refractivity contribution in [3.05, 3.63) is 48.8 Å². The number of amides is 2. The maximum absolute atomic E-state index is 13.0. The second kappa shape index (κ2) is 6.84. The van der Waals surface area contributed by atoms with E-state index in [4.69, 9.17) is 0 Å². The van der Waals surface area contributed by atoms with Gasteiger partial charge in [0.2, 0.25) is 11.8 Å². The summed E-state index contributed by atoms with van der Waals surface area (Å²) in [6, 6.07) is 13.4. The number of carbonyl (C=O) groups excluding carboxylic acids is 2. The first-order valence-electron chi connectivity index (χ1n) is 9.64. The molecule has 5 rings (SSSR count). The summed E-state index contributed by atoms with van der Waals surface area (Å²) in [4.78, 5) is 31.0. The van der Waals surface area contributed by atoms with Crippen LogP contribution in [0.1, 0.15) is 6.42 Å². The quantitative estimate of drug-likeness (QED) is 0.655. The number of hydrogen-bond donors (Lipinski definition) is 0. The zero-order valence-electron chi connectivity index (χ0n) is 16.0. The van der Waals surface area contributed by atoms with Crippen LogP contribution in [-0.2, 0) is 9.59 Å². The predicted molar refractivity (Wildman–Crippen MR) is 106 cm³/mol. The Morgan fingerprint density at radius 3 is 2.69 bits per heavy atom. The molecule has 1 aromatic carbocycles. The highest BCUT2D eigenvalue weighted by molar-refractivity contribution is 6.00. The third kappa shape index (κ3) is 3.08. The van der Waals surface area contributed by atoms with E-state index in [1.807, 2.05) is 49.5 Å². The first kappa shape index (κ1) is 17.6. The van der Waals surface area contributed by atoms with Gasteiger partial charge in [-0.05, 0) is 24.3 Å². The average molecular weight is 391 g/mol. The molecule has 9 heteroatoms. The fourth-order valence-electron chi connectivity index (χ4n) is 3.97. The standard InChI is InChI=1S/C20H21N7O2/c1-24(16-11-25(12-16)18-8-7-17-22-21-13-27(17)23-18)20(29)14-9-19(28)26(10-14)15-5-3-2-4-6-15/h2-8,13-14,16H,9-12H2,1H3. The molecule has 0 saturated carbocycles. The summed E-state index contributed by atoms with van der Waals surface area (Å²) in [6.45, 7) is 1.87. The molecular weight excluding hydrogens is 370 g/mol. The van der Waals surface area contributed by atoms with Crippen LogP contribution < -0.4 is 9.80 Å². The van der Waals surface area contributed by atoms with E-state index in [0.29, 0.717) is 25.3 Å². The molecule has 2 aliphatic heterocycles. The normalized spacial score (nSPS) is 19.6. The number of carbonyl (C=O) groups is 2. The van der Waals surface area contributed by atoms with Crippen LogP contribution in [0.15, 0.2) is 48.8 Å². The molecule has 0 bridgehead atoms. The lowest BCUT2D eigenvalue weighted by molar-refractivity contribution is -0.137. The molecule has 0 radical (unpaired) electrons. The van der Waals surface area contributed by atoms with Gasteiger partial charge in [0, 0.05) is 38.8 Å². The van der Waals surface area contributed by atoms with Crippen LogP contribution >= 0.6 is 0 Å². The summed E-state index contributed by atoms with van der Waals surface area (Å²) >= 11 is 0. The summed E-state index contributed by atoms with van der Waals surface area (Å²) in [5.41, 5.74) is 1.55. The van der Waals surface area contributed by atoms with E-state index in [0.717, 1.165) is 11.5 Å². The van der Waals surface area contributed by atoms with E-state index in [-0.39, 0.29) is 30.2 Å². The lowest BCUT2D eigenvalue weighted by atomic mass is 10.0. The Morgan fingerprint density at radius 2 is 1.90 bits per heavy atom. The minimum absolute atomic E-state index is 0.00429. The number of fused-ring (bicyclic) bond motifs is 1. The molecule has 4 heterocycles. The molecule has 29 heavy (non-hydrogen) atoms. The summed E-state index contributed by atoms with van der Waals surface area (Å²) in [5, 5.41) is 12.3. The molecule has 148 valence electrons. The van der Waals surface area contributed by atoms with Gasteiger partial charge in [-0.3, -0.25) is 9.59 Å². The maximum atomic E-state index is 13.0. The van der Waals surface area contributed by atoms with Crippen molar-refractivity contribution in [2.24, 2.45) is 5.92 Å². The number of rotatable bonds is 4. The van der Waals surface area contributed by atoms with Crippen LogP contribution in [0.5, 0.6) is 0 Å². The van der Waals surface area contributed by atoms with Crippen molar-refractivity contribution >= 4 is 29.0 Å². The number of anilines is 2. The van der Waals surface area contributed by atoms with E-state index in [9.17, 15) is 9.59 Å². The third-order valence-electron chi connectivity index (χ3n) is 5.77. The highest BCUT2D eigenvalue weighted by atomic mass is 16.2. The Balaban J connectivity index is 1.21. The maximum Gasteiger partial charge on any atom is 0.228 e. The van der Waals surface area contributed by atoms with Crippen LogP contribution in [-0.4, -0.2) is 69.2 Å². The number of para-hydroxylation sites is 1. The monoisotopic (exact) mass is 391 g/mol. The van der Waals surface area contributed by atoms with Gasteiger partial charge in [0.1, 0.15) is 12.1 Å². The predicted octanol–water partition coefficient (Wildman–Crippen LogP) is 0.824. The molecule has 3 aromatic rings. The molecular formula is C20H21N7O2. The third-order valence-corrected chi connectivity index (χ3v) is 5.77. The summed E-state index contributed by atoms with van der Waals surface area (Å²) in [5.74, 6) is 0.572. The first-order chi connectivity index (χ1) is 14.1. The number of nitrogens with zero attached hydrogens (tertiary/aromatic N) is 7. The molecule has 2 amide bonds. The molecule has 2 fully saturated rings. The van der Waals surface area contributed by atoms with Gasteiger partial charge in [0.25, 0.3) is 0 Å². The Kier molecular flexibility index (Phi) is 4.15. The van der Waals surface area contributed by atoms with Gasteiger partial charge in [0.15, 0.2) is 5.65 Å². The lowest BCUT2D eigenvalue weighted by Crippen LogP contribution is -2.61. The molecule has 9 nitrogen and oxygen atoms in total. The summed E-state index contributed by atoms with van der Waals surface area (Å²) in [6.07, 6.45) is 1.84. The van der Waals surface area contributed by atoms with Gasteiger partial charge in [-0.1, -0.05) is 18.2 Å². The highest BCUT2D eigenvalue weighted by Gasteiger charge is 2.40. The summed E-state index contributed by atoms with van der Waals surface area (Å²) in [7, 11) is 1.83. The van der Waals surface area contributed by atoms with Gasteiger partial charge in [-0.15, -0.1) is 15.3 Å². The number of aromatic nitrogens is 4. The largest absolute Gasteiger partial charge is 0.351 e. The smallest absolute Gasteiger partial charge is 0.228 e. The Hall–Kier alpha value is -3.49. The van der Waals surface area contributed by atoms with Crippen molar-refractivity contribution < 1.29 is 9.59 Å². The highest BCUT2D eigenvalue weighted by Crippen LogP contribution is 2.28. The first-order valence-corrected chi connectivity index (χ1v) is 9.64. The van der Waals surface area contributed by atoms with Crippen LogP contribution in [0.25, 0.3) is 5.65 Å². The van der Waals surface area contributed by atoms with Crippen LogP contribution in [0.2, 0.25) is 0 Å². The molecule has 0 aliphatic carbocycles. The van der Waals surface area contributed by atoms with E-state index in [1.165, 1.54) is 0 Å². The van der Waals surface area contributed by atoms with Gasteiger partial charge in [0.05, 0.1) is 12.0 Å². The summed E-state index contributed by atoms with van der Waals surface area (Å²) < 4.78 is 1.64. The zero-order chi connectivity index (χ0) is 20.0. The minimum Gasteiger partial charge on any atom is -0.351 e. The van der Waals surface area contributed by atoms with E-state index < -0.39 is 0 Å². The Morgan fingerprint density at radius 1 is 1.10 bits per heavy atom. The van der Waals surface area contributed by atoms with Gasteiger partial charge < -0.3 is 14.7 Å². The molecule has 0 spiro atoms. The van der Waals surface area contributed by atoms with E-state index in [1.54, 1.807) is 20.6 Å². The molecule has 2 aromatic heterocycles. The minimum atomic E-state index is -0.298. The van der Waals surface area contributed by atoms with Crippen LogP contribution in [0.3, 0.4) is 0 Å². The van der Waals surface area contributed by atoms with Crippen molar-refractivity contribution in [2.45, 2.75) is 12.5 Å². The topological polar surface area (TPSA) is 86.9 Å². The molecule has 2 saturated heterocycles. The second-order valence-corrected chi connectivity index (χ2v) is 7.57. The van der Waals surface area contributed by atoms with Crippen molar-refractivity contribution in [2.75, 3.05) is 36.5 Å². The van der Waals surface area contributed by atoms with Crippen molar-refractivity contribution in [1.82, 2.24) is 24.7 Å². The Bertz CT molecular complexity index is 1060. The van der Waals surface area contributed by atoms with E-state index >= 15 is 0 Å². The number of likely N-dealkylation sites (N-methyl/N-ethyl adjacent to an activating group) is 1. The zero-order valence-corrected chi connectivity index (χ0v) is 16.0. The molecule has 0 N–H and O–H groups in total. The molecule has 1 unspecified atom stereocenters.